The molecule has 157 valence electrons. The van der Waals surface area contributed by atoms with E-state index in [9.17, 15) is 9.59 Å². The number of carbonyl (C=O) groups excluding carboxylic acids is 2. The number of amides is 2. The summed E-state index contributed by atoms with van der Waals surface area (Å²) in [4.78, 5) is 30.5. The van der Waals surface area contributed by atoms with Gasteiger partial charge in [0.2, 0.25) is 0 Å². The van der Waals surface area contributed by atoms with E-state index in [0.29, 0.717) is 9.64 Å². The summed E-state index contributed by atoms with van der Waals surface area (Å²) in [6.45, 7) is 4.35. The van der Waals surface area contributed by atoms with Crippen LogP contribution in [0, 0.1) is 0 Å². The molecule has 0 fully saturated rings. The molecule has 6 nitrogen and oxygen atoms in total. The van der Waals surface area contributed by atoms with Crippen LogP contribution in [0.2, 0.25) is 0 Å². The number of benzene rings is 2. The third kappa shape index (κ3) is 2.44. The number of carbonyl (C=O) groups is 2. The number of furan rings is 1. The van der Waals surface area contributed by atoms with Crippen molar-refractivity contribution in [3.05, 3.63) is 71.0 Å². The van der Waals surface area contributed by atoms with Crippen LogP contribution in [-0.4, -0.2) is 54.5 Å². The van der Waals surface area contributed by atoms with Crippen LogP contribution in [0.15, 0.2) is 63.5 Å². The number of hydrogen-bond donors (Lipinski definition) is 0. The average Bonchev–Trinajstić information content (AvgIpc) is 3.34. The van der Waals surface area contributed by atoms with Crippen LogP contribution in [0.25, 0.3) is 33.8 Å². The molecule has 0 atom stereocenters. The van der Waals surface area contributed by atoms with Crippen molar-refractivity contribution in [2.45, 2.75) is 19.3 Å². The van der Waals surface area contributed by atoms with E-state index in [1.165, 1.54) is 21.9 Å². The van der Waals surface area contributed by atoms with Crippen molar-refractivity contribution in [2.24, 2.45) is 4.99 Å². The van der Waals surface area contributed by atoms with Crippen LogP contribution >= 0.6 is 0 Å². The molecule has 2 aromatic heterocycles. The molecule has 0 saturated heterocycles. The second-order valence-electron chi connectivity index (χ2n) is 8.67. The van der Waals surface area contributed by atoms with Gasteiger partial charge in [0.1, 0.15) is 0 Å². The first-order valence-corrected chi connectivity index (χ1v) is 11.4. The predicted molar refractivity (Wildman–Crippen MR) is 124 cm³/mol. The Morgan fingerprint density at radius 1 is 1.03 bits per heavy atom. The van der Waals surface area contributed by atoms with Crippen LogP contribution in [0.4, 0.5) is 0 Å². The molecular weight excluding hydrogens is 518 g/mol. The Kier molecular flexibility index (Phi) is 3.93. The summed E-state index contributed by atoms with van der Waals surface area (Å²) in [5.41, 5.74) is 4.10. The van der Waals surface area contributed by atoms with E-state index in [-0.39, 0.29) is 16.9 Å². The van der Waals surface area contributed by atoms with Crippen LogP contribution in [0.1, 0.15) is 30.7 Å². The molecule has 2 amide bonds. The van der Waals surface area contributed by atoms with Crippen molar-refractivity contribution in [2.75, 3.05) is 7.05 Å². The summed E-state index contributed by atoms with van der Waals surface area (Å²) >= 11 is 1.56. The Labute approximate surface area is 197 Å². The second-order valence-corrected chi connectivity index (χ2v) is 9.71. The van der Waals surface area contributed by atoms with E-state index >= 15 is 0 Å². The molecule has 0 saturated carbocycles. The number of aliphatic imine (C=N–C) groups is 1. The molecule has 2 aromatic carbocycles. The summed E-state index contributed by atoms with van der Waals surface area (Å²) in [5, 5.41) is 2.34. The maximum atomic E-state index is 12.7. The zero-order valence-electron chi connectivity index (χ0n) is 17.7. The summed E-state index contributed by atoms with van der Waals surface area (Å²) in [6.07, 6.45) is 1.51. The summed E-state index contributed by atoms with van der Waals surface area (Å²) in [5.74, 6) is 0.258. The third-order valence-corrected chi connectivity index (χ3v) is 7.55. The van der Waals surface area contributed by atoms with Crippen molar-refractivity contribution < 1.29 is 14.0 Å². The molecule has 0 aliphatic carbocycles. The maximum absolute atomic E-state index is 12.7. The molecule has 0 N–H and O–H groups in total. The van der Waals surface area contributed by atoms with E-state index < -0.39 is 5.91 Å². The van der Waals surface area contributed by atoms with Crippen LogP contribution in [-0.2, 0) is 15.0 Å². The monoisotopic (exact) mass is 538 g/mol. The van der Waals surface area contributed by atoms with Gasteiger partial charge in [0.05, 0.1) is 0 Å². The zero-order chi connectivity index (χ0) is 22.4. The molecular formula is C25H18N3O3Te. The molecule has 0 bridgehead atoms. The fraction of sp³-hybridized carbons (Fsp3) is 0.160. The van der Waals surface area contributed by atoms with Crippen molar-refractivity contribution in [3.8, 4) is 5.88 Å². The Hall–Kier alpha value is -3.14. The van der Waals surface area contributed by atoms with Gasteiger partial charge in [0.15, 0.2) is 0 Å². The Morgan fingerprint density at radius 2 is 1.78 bits per heavy atom. The van der Waals surface area contributed by atoms with Gasteiger partial charge < -0.3 is 0 Å². The number of rotatable bonds is 1. The van der Waals surface area contributed by atoms with Gasteiger partial charge in [-0.25, -0.2) is 0 Å². The topological polar surface area (TPSA) is 67.8 Å². The van der Waals surface area contributed by atoms with Gasteiger partial charge >= 0.3 is 191 Å². The second kappa shape index (κ2) is 6.44. The molecule has 7 heteroatoms. The van der Waals surface area contributed by atoms with E-state index in [0.717, 1.165) is 27.9 Å². The summed E-state index contributed by atoms with van der Waals surface area (Å²) in [6, 6.07) is 16.6. The number of nitrogens with zero attached hydrogens (tertiary/aromatic N) is 3. The molecule has 2 aliphatic heterocycles. The van der Waals surface area contributed by atoms with Crippen molar-refractivity contribution in [1.29, 1.82) is 0 Å². The first-order valence-electron chi connectivity index (χ1n) is 10.3. The number of amidine groups is 1. The number of hydrogen-bond acceptors (Lipinski definition) is 3. The van der Waals surface area contributed by atoms with E-state index in [2.05, 4.69) is 53.7 Å². The van der Waals surface area contributed by atoms with E-state index in [4.69, 9.17) is 4.42 Å². The zero-order valence-corrected chi connectivity index (χ0v) is 20.0. The summed E-state index contributed by atoms with van der Waals surface area (Å²) in [7, 11) is 1.61. The number of para-hydroxylation sites is 2. The first-order chi connectivity index (χ1) is 15.3. The molecule has 6 rings (SSSR count). The standard InChI is InChI=1S/C25H18N3O3Te/c1-25(2)17-9-6-8-15-14-7-4-5-10-19(14)28(20(15)17)23-18(25)12-13(31-23)11-16-21(29)26-24(32)27(3)22(16)30/h4-12H,1-3H3/b16-11+. The molecule has 4 heterocycles. The Balaban J connectivity index is 1.64. The number of aromatic nitrogens is 1. The fourth-order valence-electron chi connectivity index (χ4n) is 4.81. The van der Waals surface area contributed by atoms with Gasteiger partial charge in [0.25, 0.3) is 0 Å². The van der Waals surface area contributed by atoms with Crippen LogP contribution in [0.3, 0.4) is 0 Å². The minimum atomic E-state index is -0.543. The molecule has 2 aliphatic rings. The van der Waals surface area contributed by atoms with E-state index in [1.54, 1.807) is 29.3 Å². The van der Waals surface area contributed by atoms with Gasteiger partial charge in [-0.1, -0.05) is 6.07 Å². The van der Waals surface area contributed by atoms with Crippen LogP contribution in [0.5, 0.6) is 0 Å². The number of fused-ring (bicyclic) bond motifs is 5. The van der Waals surface area contributed by atoms with Gasteiger partial charge in [0, 0.05) is 0 Å². The molecule has 1 radical (unpaired) electrons. The van der Waals surface area contributed by atoms with Crippen molar-refractivity contribution in [3.63, 3.8) is 0 Å². The summed E-state index contributed by atoms with van der Waals surface area (Å²) < 4.78 is 8.88. The fourth-order valence-corrected chi connectivity index (χ4v) is 5.28. The molecule has 32 heavy (non-hydrogen) atoms. The van der Waals surface area contributed by atoms with Crippen LogP contribution < -0.4 is 0 Å². The van der Waals surface area contributed by atoms with Gasteiger partial charge in [-0.15, -0.1) is 0 Å². The molecule has 0 spiro atoms. The average molecular weight is 536 g/mol. The third-order valence-electron chi connectivity index (χ3n) is 6.51. The predicted octanol–water partition coefficient (Wildman–Crippen LogP) is 3.92. The van der Waals surface area contributed by atoms with Gasteiger partial charge in [-0.2, -0.15) is 0 Å². The minimum absolute atomic E-state index is 0.00348. The van der Waals surface area contributed by atoms with Crippen molar-refractivity contribution >= 4 is 65.9 Å². The quantitative estimate of drug-likeness (QED) is 0.211. The van der Waals surface area contributed by atoms with E-state index in [1.807, 2.05) is 18.2 Å². The van der Waals surface area contributed by atoms with Gasteiger partial charge in [-0.05, 0) is 0 Å². The normalized spacial score (nSPS) is 18.5. The Morgan fingerprint density at radius 3 is 2.59 bits per heavy atom. The first kappa shape index (κ1) is 19.5. The van der Waals surface area contributed by atoms with Crippen molar-refractivity contribution in [1.82, 2.24) is 9.47 Å². The molecule has 0 unspecified atom stereocenters. The molecule has 4 aromatic rings. The van der Waals surface area contributed by atoms with Gasteiger partial charge in [-0.3, -0.25) is 0 Å². The number of likely N-dealkylation sites (N-methyl/N-ethyl adjacent to an activating group) is 1. The Bertz CT molecular complexity index is 1570. The SMILES string of the molecule is CN1C(=O)/C(=C/c2cc3c(o2)-n2c4ccccc4c4cccc(c42)C3(C)C)C(=O)N=C1[Te].